The Hall–Kier alpha value is -0.190. The fourth-order valence-electron chi connectivity index (χ4n) is 1.83. The first-order chi connectivity index (χ1) is 6.23. The van der Waals surface area contributed by atoms with E-state index in [2.05, 4.69) is 15.9 Å². The van der Waals surface area contributed by atoms with Crippen molar-refractivity contribution in [2.45, 2.75) is 24.2 Å². The van der Waals surface area contributed by atoms with Crippen molar-refractivity contribution in [2.24, 2.45) is 0 Å². The maximum absolute atomic E-state index is 11.8. The van der Waals surface area contributed by atoms with Crippen molar-refractivity contribution in [3.8, 4) is 0 Å². The van der Waals surface area contributed by atoms with Crippen LogP contribution in [0.25, 0.3) is 0 Å². The van der Waals surface area contributed by atoms with Gasteiger partial charge in [-0.15, -0.1) is 0 Å². The number of halogens is 1. The zero-order chi connectivity index (χ0) is 9.47. The Bertz CT molecular complexity index is 258. The Kier molecular flexibility index (Phi) is 2.30. The van der Waals surface area contributed by atoms with Crippen molar-refractivity contribution in [1.29, 1.82) is 0 Å². The first kappa shape index (κ1) is 9.37. The maximum Gasteiger partial charge on any atom is 0.171 e. The minimum absolute atomic E-state index is 0.0279. The first-order valence-corrected chi connectivity index (χ1v) is 5.33. The molecule has 0 N–H and O–H groups in total. The molecule has 13 heavy (non-hydrogen) atoms. The van der Waals surface area contributed by atoms with E-state index in [1.807, 2.05) is 12.2 Å². The smallest absolute Gasteiger partial charge is 0.171 e. The molecule has 3 unspecified atom stereocenters. The molecule has 3 atom stereocenters. The van der Waals surface area contributed by atoms with Crippen LogP contribution in [-0.2, 0) is 14.3 Å². The summed E-state index contributed by atoms with van der Waals surface area (Å²) in [6, 6.07) is 0. The highest BCUT2D eigenvalue weighted by molar-refractivity contribution is 9.09. The zero-order valence-electron chi connectivity index (χ0n) is 7.33. The van der Waals surface area contributed by atoms with Gasteiger partial charge in [-0.25, -0.2) is 0 Å². The van der Waals surface area contributed by atoms with Crippen LogP contribution in [0, 0.1) is 0 Å². The van der Waals surface area contributed by atoms with Gasteiger partial charge in [-0.2, -0.15) is 0 Å². The van der Waals surface area contributed by atoms with Crippen LogP contribution in [0.15, 0.2) is 12.2 Å². The van der Waals surface area contributed by atoms with E-state index in [0.29, 0.717) is 11.8 Å². The summed E-state index contributed by atoms with van der Waals surface area (Å²) in [7, 11) is 1.55. The molecule has 2 aliphatic heterocycles. The molecule has 0 aromatic heterocycles. The van der Waals surface area contributed by atoms with Gasteiger partial charge in [-0.1, -0.05) is 28.1 Å². The molecule has 4 heteroatoms. The summed E-state index contributed by atoms with van der Waals surface area (Å²) in [4.78, 5) is 11.8. The van der Waals surface area contributed by atoms with Gasteiger partial charge >= 0.3 is 0 Å². The summed E-state index contributed by atoms with van der Waals surface area (Å²) in [5.41, 5.74) is -0.802. The Balaban J connectivity index is 2.33. The van der Waals surface area contributed by atoms with Crippen LogP contribution in [0.5, 0.6) is 0 Å². The van der Waals surface area contributed by atoms with Crippen molar-refractivity contribution in [2.75, 3.05) is 12.4 Å². The van der Waals surface area contributed by atoms with E-state index >= 15 is 0 Å². The number of Topliss-reactive ketones (excluding diaryl/α,β-unsaturated/α-hetero) is 1. The molecular formula is C9H11BrO3. The predicted octanol–water partition coefficient (Wildman–Crippen LogP) is 1.06. The molecule has 2 bridgehead atoms. The van der Waals surface area contributed by atoms with E-state index in [4.69, 9.17) is 9.47 Å². The largest absolute Gasteiger partial charge is 0.366 e. The number of carbonyl (C=O) groups excluding carboxylic acids is 1. The van der Waals surface area contributed by atoms with Gasteiger partial charge < -0.3 is 9.47 Å². The van der Waals surface area contributed by atoms with Gasteiger partial charge in [0.1, 0.15) is 6.10 Å². The second-order valence-electron chi connectivity index (χ2n) is 3.33. The molecular weight excluding hydrogens is 236 g/mol. The van der Waals surface area contributed by atoms with Gasteiger partial charge in [-0.3, -0.25) is 4.79 Å². The molecule has 1 saturated heterocycles. The Morgan fingerprint density at radius 3 is 3.15 bits per heavy atom. The minimum Gasteiger partial charge on any atom is -0.366 e. The van der Waals surface area contributed by atoms with Crippen LogP contribution in [0.4, 0.5) is 0 Å². The van der Waals surface area contributed by atoms with Crippen molar-refractivity contribution in [3.63, 3.8) is 0 Å². The van der Waals surface area contributed by atoms with E-state index in [1.165, 1.54) is 0 Å². The summed E-state index contributed by atoms with van der Waals surface area (Å²) < 4.78 is 10.9. The molecule has 0 aromatic rings. The van der Waals surface area contributed by atoms with Crippen molar-refractivity contribution >= 4 is 21.7 Å². The topological polar surface area (TPSA) is 35.5 Å². The fraction of sp³-hybridized carbons (Fsp3) is 0.667. The summed E-state index contributed by atoms with van der Waals surface area (Å²) in [6.45, 7) is 0. The molecule has 2 rings (SSSR count). The van der Waals surface area contributed by atoms with Crippen molar-refractivity contribution in [3.05, 3.63) is 12.2 Å². The van der Waals surface area contributed by atoms with Crippen LogP contribution in [-0.4, -0.2) is 36.0 Å². The summed E-state index contributed by atoms with van der Waals surface area (Å²) in [6.07, 6.45) is 4.03. The van der Waals surface area contributed by atoms with E-state index in [9.17, 15) is 4.79 Å². The second kappa shape index (κ2) is 3.19. The van der Waals surface area contributed by atoms with Gasteiger partial charge in [0.15, 0.2) is 11.4 Å². The fourth-order valence-corrected chi connectivity index (χ4v) is 2.70. The average Bonchev–Trinajstić information content (AvgIpc) is 2.53. The normalized spacial score (nSPS) is 42.8. The molecule has 0 spiro atoms. The minimum atomic E-state index is -0.802. The number of hydrogen-bond acceptors (Lipinski definition) is 3. The molecule has 0 aliphatic carbocycles. The van der Waals surface area contributed by atoms with E-state index < -0.39 is 5.60 Å². The first-order valence-electron chi connectivity index (χ1n) is 4.21. The lowest BCUT2D eigenvalue weighted by molar-refractivity contribution is -0.168. The van der Waals surface area contributed by atoms with Gasteiger partial charge in [0.05, 0.1) is 6.10 Å². The molecule has 0 saturated carbocycles. The number of methoxy groups -OCH3 is 1. The molecule has 0 aromatic carbocycles. The Morgan fingerprint density at radius 2 is 2.54 bits per heavy atom. The number of fused-ring (bicyclic) bond motifs is 2. The summed E-state index contributed by atoms with van der Waals surface area (Å²) >= 11 is 3.31. The monoisotopic (exact) mass is 246 g/mol. The highest BCUT2D eigenvalue weighted by atomic mass is 79.9. The molecule has 3 nitrogen and oxygen atoms in total. The number of alkyl halides is 1. The standard InChI is InChI=1S/C9H11BrO3/c1-12-9(5-10)7(11)4-6-2-3-8(9)13-6/h2-3,6,8H,4-5H2,1H3. The molecule has 0 radical (unpaired) electrons. The quantitative estimate of drug-likeness (QED) is 0.540. The van der Waals surface area contributed by atoms with Gasteiger partial charge in [0.2, 0.25) is 0 Å². The van der Waals surface area contributed by atoms with Crippen LogP contribution in [0.3, 0.4) is 0 Å². The molecule has 2 aliphatic rings. The lowest BCUT2D eigenvalue weighted by Crippen LogP contribution is -2.56. The maximum atomic E-state index is 11.8. The summed E-state index contributed by atoms with van der Waals surface area (Å²) in [5.74, 6) is 0.123. The van der Waals surface area contributed by atoms with Crippen LogP contribution < -0.4 is 0 Å². The number of ether oxygens (including phenoxy) is 2. The lowest BCUT2D eigenvalue weighted by Gasteiger charge is -2.38. The average molecular weight is 247 g/mol. The van der Waals surface area contributed by atoms with Gasteiger partial charge in [-0.05, 0) is 0 Å². The molecule has 72 valence electrons. The van der Waals surface area contributed by atoms with E-state index in [0.717, 1.165) is 0 Å². The van der Waals surface area contributed by atoms with Crippen molar-refractivity contribution < 1.29 is 14.3 Å². The van der Waals surface area contributed by atoms with E-state index in [1.54, 1.807) is 7.11 Å². The van der Waals surface area contributed by atoms with Crippen LogP contribution in [0.2, 0.25) is 0 Å². The zero-order valence-corrected chi connectivity index (χ0v) is 8.91. The van der Waals surface area contributed by atoms with Crippen molar-refractivity contribution in [1.82, 2.24) is 0 Å². The number of ketones is 1. The second-order valence-corrected chi connectivity index (χ2v) is 3.90. The molecule has 2 heterocycles. The predicted molar refractivity (Wildman–Crippen MR) is 51.0 cm³/mol. The summed E-state index contributed by atoms with van der Waals surface area (Å²) in [5, 5.41) is 0.483. The lowest BCUT2D eigenvalue weighted by atomic mass is 9.90. The van der Waals surface area contributed by atoms with Gasteiger partial charge in [0.25, 0.3) is 0 Å². The highest BCUT2D eigenvalue weighted by Gasteiger charge is 2.51. The Labute approximate surface area is 85.2 Å². The third kappa shape index (κ3) is 1.20. The number of hydrogen-bond donors (Lipinski definition) is 0. The van der Waals surface area contributed by atoms with Crippen LogP contribution in [0.1, 0.15) is 6.42 Å². The third-order valence-corrected chi connectivity index (χ3v) is 3.54. The molecule has 1 fully saturated rings. The van der Waals surface area contributed by atoms with E-state index in [-0.39, 0.29) is 18.0 Å². The van der Waals surface area contributed by atoms with Gasteiger partial charge in [0, 0.05) is 18.9 Å². The van der Waals surface area contributed by atoms with Crippen LogP contribution >= 0.6 is 15.9 Å². The Morgan fingerprint density at radius 1 is 1.77 bits per heavy atom. The SMILES string of the molecule is COC1(CBr)C(=O)CC2C=CC1O2. The number of carbonyl (C=O) groups is 1. The molecule has 0 amide bonds. The third-order valence-electron chi connectivity index (χ3n) is 2.70. The number of rotatable bonds is 2. The highest BCUT2D eigenvalue weighted by Crippen LogP contribution is 2.35.